The first-order chi connectivity index (χ1) is 6.79. The van der Waals surface area contributed by atoms with Gasteiger partial charge in [0.15, 0.2) is 0 Å². The van der Waals surface area contributed by atoms with E-state index in [1.165, 1.54) is 24.8 Å². The third-order valence-corrected chi connectivity index (χ3v) is 4.26. The number of halogens is 1. The molecule has 1 aliphatic rings. The Morgan fingerprint density at radius 1 is 1.43 bits per heavy atom. The van der Waals surface area contributed by atoms with E-state index in [4.69, 9.17) is 11.6 Å². The van der Waals surface area contributed by atoms with Crippen molar-refractivity contribution in [3.05, 3.63) is 29.0 Å². The van der Waals surface area contributed by atoms with Crippen LogP contribution in [0.25, 0.3) is 0 Å². The van der Waals surface area contributed by atoms with E-state index < -0.39 is 0 Å². The lowest BCUT2D eigenvalue weighted by Gasteiger charge is -2.09. The molecule has 0 aliphatic heterocycles. The molecule has 0 bridgehead atoms. The SMILES string of the molecule is CS[C@@H]1CC[C@@H](c2ccc(Cl)nc2)C1. The van der Waals surface area contributed by atoms with Gasteiger partial charge in [0.1, 0.15) is 5.15 Å². The summed E-state index contributed by atoms with van der Waals surface area (Å²) in [5.41, 5.74) is 1.35. The zero-order valence-electron chi connectivity index (χ0n) is 8.24. The van der Waals surface area contributed by atoms with Gasteiger partial charge in [-0.3, -0.25) is 0 Å². The molecule has 76 valence electrons. The van der Waals surface area contributed by atoms with Crippen LogP contribution in [0, 0.1) is 0 Å². The van der Waals surface area contributed by atoms with Crippen molar-refractivity contribution < 1.29 is 0 Å². The Bertz CT molecular complexity index is 299. The summed E-state index contributed by atoms with van der Waals surface area (Å²) in [6.45, 7) is 0. The maximum atomic E-state index is 5.76. The van der Waals surface area contributed by atoms with E-state index >= 15 is 0 Å². The highest BCUT2D eigenvalue weighted by Crippen LogP contribution is 2.39. The van der Waals surface area contributed by atoms with Gasteiger partial charge in [-0.1, -0.05) is 17.7 Å². The molecule has 2 atom stereocenters. The summed E-state index contributed by atoms with van der Waals surface area (Å²) >= 11 is 7.75. The van der Waals surface area contributed by atoms with E-state index in [-0.39, 0.29) is 0 Å². The summed E-state index contributed by atoms with van der Waals surface area (Å²) in [6, 6.07) is 4.01. The molecule has 0 spiro atoms. The van der Waals surface area contributed by atoms with Crippen molar-refractivity contribution in [3.8, 4) is 0 Å². The van der Waals surface area contributed by atoms with E-state index in [0.717, 1.165) is 5.25 Å². The Labute approximate surface area is 94.3 Å². The van der Waals surface area contributed by atoms with Gasteiger partial charge in [-0.2, -0.15) is 11.8 Å². The molecule has 0 N–H and O–H groups in total. The van der Waals surface area contributed by atoms with E-state index in [9.17, 15) is 0 Å². The molecule has 0 aromatic carbocycles. The van der Waals surface area contributed by atoms with Gasteiger partial charge >= 0.3 is 0 Å². The highest BCUT2D eigenvalue weighted by atomic mass is 35.5. The number of rotatable bonds is 2. The number of hydrogen-bond donors (Lipinski definition) is 0. The number of thioether (sulfide) groups is 1. The molecule has 0 saturated heterocycles. The Hall–Kier alpha value is -0.210. The first kappa shape index (κ1) is 10.3. The predicted octanol–water partition coefficient (Wildman–Crippen LogP) is 3.73. The summed E-state index contributed by atoms with van der Waals surface area (Å²) in [5, 5.41) is 1.43. The molecule has 1 heterocycles. The van der Waals surface area contributed by atoms with Crippen LogP contribution in [0.3, 0.4) is 0 Å². The second-order valence-electron chi connectivity index (χ2n) is 3.78. The summed E-state index contributed by atoms with van der Waals surface area (Å²) in [4.78, 5) is 4.13. The zero-order chi connectivity index (χ0) is 9.97. The fourth-order valence-corrected chi connectivity index (χ4v) is 2.99. The van der Waals surface area contributed by atoms with E-state index in [1.54, 1.807) is 0 Å². The van der Waals surface area contributed by atoms with Crippen molar-refractivity contribution in [2.24, 2.45) is 0 Å². The average Bonchev–Trinajstić information content (AvgIpc) is 2.67. The van der Waals surface area contributed by atoms with Gasteiger partial charge < -0.3 is 0 Å². The number of pyridine rings is 1. The van der Waals surface area contributed by atoms with Gasteiger partial charge in [0.2, 0.25) is 0 Å². The maximum Gasteiger partial charge on any atom is 0.129 e. The van der Waals surface area contributed by atoms with Crippen LogP contribution in [0.5, 0.6) is 0 Å². The zero-order valence-corrected chi connectivity index (χ0v) is 9.81. The van der Waals surface area contributed by atoms with Gasteiger partial charge in [-0.05, 0) is 43.1 Å². The van der Waals surface area contributed by atoms with Crippen LogP contribution in [-0.4, -0.2) is 16.5 Å². The van der Waals surface area contributed by atoms with E-state index in [2.05, 4.69) is 17.3 Å². The van der Waals surface area contributed by atoms with Crippen molar-refractivity contribution in [1.82, 2.24) is 4.98 Å². The molecule has 0 radical (unpaired) electrons. The van der Waals surface area contributed by atoms with Crippen LogP contribution in [0.4, 0.5) is 0 Å². The minimum atomic E-state index is 0.591. The maximum absolute atomic E-state index is 5.76. The average molecular weight is 228 g/mol. The molecule has 1 aromatic heterocycles. The first-order valence-corrected chi connectivity index (χ1v) is 6.60. The Morgan fingerprint density at radius 3 is 2.86 bits per heavy atom. The van der Waals surface area contributed by atoms with Gasteiger partial charge in [0.25, 0.3) is 0 Å². The largest absolute Gasteiger partial charge is 0.244 e. The van der Waals surface area contributed by atoms with Crippen LogP contribution in [0.1, 0.15) is 30.7 Å². The van der Waals surface area contributed by atoms with Crippen LogP contribution in [0.15, 0.2) is 18.3 Å². The fraction of sp³-hybridized carbons (Fsp3) is 0.545. The van der Waals surface area contributed by atoms with E-state index in [0.29, 0.717) is 11.1 Å². The smallest absolute Gasteiger partial charge is 0.129 e. The number of aromatic nitrogens is 1. The summed E-state index contributed by atoms with van der Waals surface area (Å²) < 4.78 is 0. The Morgan fingerprint density at radius 2 is 2.29 bits per heavy atom. The lowest BCUT2D eigenvalue weighted by atomic mass is 10.00. The molecule has 3 heteroatoms. The highest BCUT2D eigenvalue weighted by Gasteiger charge is 2.25. The topological polar surface area (TPSA) is 12.9 Å². The van der Waals surface area contributed by atoms with Crippen molar-refractivity contribution in [1.29, 1.82) is 0 Å². The second kappa shape index (κ2) is 4.54. The van der Waals surface area contributed by atoms with Gasteiger partial charge in [-0.15, -0.1) is 0 Å². The number of hydrogen-bond acceptors (Lipinski definition) is 2. The molecular formula is C11H14ClNS. The minimum Gasteiger partial charge on any atom is -0.244 e. The van der Waals surface area contributed by atoms with Crippen molar-refractivity contribution in [3.63, 3.8) is 0 Å². The van der Waals surface area contributed by atoms with Crippen molar-refractivity contribution in [2.45, 2.75) is 30.4 Å². The van der Waals surface area contributed by atoms with Gasteiger partial charge in [0.05, 0.1) is 0 Å². The molecular weight excluding hydrogens is 214 g/mol. The second-order valence-corrected chi connectivity index (χ2v) is 5.31. The molecule has 2 rings (SSSR count). The molecule has 1 saturated carbocycles. The molecule has 0 amide bonds. The normalized spacial score (nSPS) is 26.7. The first-order valence-electron chi connectivity index (χ1n) is 4.94. The van der Waals surface area contributed by atoms with Crippen molar-refractivity contribution in [2.75, 3.05) is 6.26 Å². The monoisotopic (exact) mass is 227 g/mol. The molecule has 0 unspecified atom stereocenters. The summed E-state index contributed by atoms with van der Waals surface area (Å²) in [5.74, 6) is 0.706. The third kappa shape index (κ3) is 2.23. The summed E-state index contributed by atoms with van der Waals surface area (Å²) in [6.07, 6.45) is 8.07. The highest BCUT2D eigenvalue weighted by molar-refractivity contribution is 7.99. The van der Waals surface area contributed by atoms with Gasteiger partial charge in [-0.25, -0.2) is 4.98 Å². The molecule has 14 heavy (non-hydrogen) atoms. The third-order valence-electron chi connectivity index (χ3n) is 2.94. The van der Waals surface area contributed by atoms with Gasteiger partial charge in [0, 0.05) is 11.4 Å². The Kier molecular flexibility index (Phi) is 3.34. The van der Waals surface area contributed by atoms with Crippen LogP contribution >= 0.6 is 23.4 Å². The lowest BCUT2D eigenvalue weighted by Crippen LogP contribution is -1.96. The van der Waals surface area contributed by atoms with E-state index in [1.807, 2.05) is 24.0 Å². The molecule has 1 aliphatic carbocycles. The minimum absolute atomic E-state index is 0.591. The van der Waals surface area contributed by atoms with Crippen LogP contribution in [-0.2, 0) is 0 Å². The molecule has 1 nitrogen and oxygen atoms in total. The number of nitrogens with zero attached hydrogens (tertiary/aromatic N) is 1. The molecule has 1 aromatic rings. The quantitative estimate of drug-likeness (QED) is 0.714. The van der Waals surface area contributed by atoms with Crippen molar-refractivity contribution >= 4 is 23.4 Å². The predicted molar refractivity (Wildman–Crippen MR) is 63.1 cm³/mol. The molecule has 1 fully saturated rings. The summed E-state index contributed by atoms with van der Waals surface area (Å²) in [7, 11) is 0. The standard InChI is InChI=1S/C11H14ClNS/c1-14-10-4-2-8(6-10)9-3-5-11(12)13-7-9/h3,5,7-8,10H,2,4,6H2,1H3/t8-,10-/m1/s1. The van der Waals surface area contributed by atoms with Crippen LogP contribution < -0.4 is 0 Å². The van der Waals surface area contributed by atoms with Crippen LogP contribution in [0.2, 0.25) is 5.15 Å². The lowest BCUT2D eigenvalue weighted by molar-refractivity contribution is 0.721. The fourth-order valence-electron chi connectivity index (χ4n) is 2.09. The Balaban J connectivity index is 2.06.